The Balaban J connectivity index is 2.21. The highest BCUT2D eigenvalue weighted by molar-refractivity contribution is 7.13. The van der Waals surface area contributed by atoms with E-state index in [0.29, 0.717) is 22.3 Å². The van der Waals surface area contributed by atoms with Gasteiger partial charge in [-0.2, -0.15) is 0 Å². The number of thiazole rings is 1. The molecule has 19 heavy (non-hydrogen) atoms. The van der Waals surface area contributed by atoms with E-state index in [4.69, 9.17) is 0 Å². The summed E-state index contributed by atoms with van der Waals surface area (Å²) in [6.45, 7) is 4.09. The van der Waals surface area contributed by atoms with Crippen molar-refractivity contribution in [2.75, 3.05) is 5.32 Å². The molecule has 2 aromatic rings. The lowest BCUT2D eigenvalue weighted by Gasteiger charge is -2.05. The van der Waals surface area contributed by atoms with E-state index in [9.17, 15) is 4.79 Å². The van der Waals surface area contributed by atoms with Crippen molar-refractivity contribution in [1.29, 1.82) is 0 Å². The molecular weight excluding hydrogens is 258 g/mol. The van der Waals surface area contributed by atoms with Gasteiger partial charge >= 0.3 is 0 Å². The third kappa shape index (κ3) is 3.72. The summed E-state index contributed by atoms with van der Waals surface area (Å²) in [6, 6.07) is 7.28. The lowest BCUT2D eigenvalue weighted by atomic mass is 10.1. The predicted octanol–water partition coefficient (Wildman–Crippen LogP) is 3.75. The summed E-state index contributed by atoms with van der Waals surface area (Å²) >= 11 is 1.39. The average molecular weight is 273 g/mol. The molecule has 0 bridgehead atoms. The first kappa shape index (κ1) is 13.4. The van der Waals surface area contributed by atoms with Gasteiger partial charge in [-0.15, -0.1) is 11.3 Å². The number of amides is 1. The third-order valence-corrected chi connectivity index (χ3v) is 3.00. The molecule has 0 atom stereocenters. The van der Waals surface area contributed by atoms with Crippen LogP contribution >= 0.6 is 11.3 Å². The summed E-state index contributed by atoms with van der Waals surface area (Å²) < 4.78 is 0. The van der Waals surface area contributed by atoms with Crippen LogP contribution in [-0.4, -0.2) is 17.1 Å². The van der Waals surface area contributed by atoms with Gasteiger partial charge in [0.1, 0.15) is 0 Å². The topological polar surface area (TPSA) is 54.4 Å². The largest absolute Gasteiger partial charge is 0.298 e. The number of para-hydroxylation sites is 1. The summed E-state index contributed by atoms with van der Waals surface area (Å²) in [5, 5.41) is 5.17. The van der Waals surface area contributed by atoms with Crippen molar-refractivity contribution < 1.29 is 4.79 Å². The fourth-order valence-electron chi connectivity index (χ4n) is 1.46. The van der Waals surface area contributed by atoms with Gasteiger partial charge in [0.2, 0.25) is 0 Å². The molecule has 1 N–H and O–H groups in total. The number of hydrogen-bond acceptors (Lipinski definition) is 4. The molecule has 1 amide bonds. The molecule has 0 aliphatic carbocycles. The molecule has 1 aromatic heterocycles. The number of aromatic nitrogens is 1. The van der Waals surface area contributed by atoms with Crippen molar-refractivity contribution in [3.8, 4) is 0 Å². The van der Waals surface area contributed by atoms with Gasteiger partial charge < -0.3 is 0 Å². The van der Waals surface area contributed by atoms with Crippen molar-refractivity contribution in [1.82, 2.24) is 4.98 Å². The molecule has 2 rings (SSSR count). The molecule has 0 aliphatic rings. The van der Waals surface area contributed by atoms with E-state index in [2.05, 4.69) is 15.3 Å². The first-order valence-corrected chi connectivity index (χ1v) is 6.89. The van der Waals surface area contributed by atoms with Crippen molar-refractivity contribution in [3.63, 3.8) is 0 Å². The first-order valence-electron chi connectivity index (χ1n) is 6.01. The van der Waals surface area contributed by atoms with E-state index in [-0.39, 0.29) is 5.91 Å². The standard InChI is InChI=1S/C14H15N3OS/c1-10(2)9-16-12-6-4-3-5-11(12)13(18)17-14-15-7-8-19-14/h3-10H,1-2H3,(H,15,17,18). The second kappa shape index (κ2) is 6.24. The SMILES string of the molecule is CC(C)C=Nc1ccccc1C(=O)Nc1nccs1. The van der Waals surface area contributed by atoms with Crippen LogP contribution in [0.15, 0.2) is 40.8 Å². The summed E-state index contributed by atoms with van der Waals surface area (Å²) in [5.41, 5.74) is 1.22. The van der Waals surface area contributed by atoms with Crippen LogP contribution in [0.4, 0.5) is 10.8 Å². The third-order valence-electron chi connectivity index (χ3n) is 2.31. The lowest BCUT2D eigenvalue weighted by molar-refractivity contribution is 0.102. The van der Waals surface area contributed by atoms with Crippen molar-refractivity contribution >= 4 is 34.3 Å². The number of nitrogens with one attached hydrogen (secondary N) is 1. The van der Waals surface area contributed by atoms with Gasteiger partial charge in [0.05, 0.1) is 11.3 Å². The number of carbonyl (C=O) groups excluding carboxylic acids is 1. The predicted molar refractivity (Wildman–Crippen MR) is 79.5 cm³/mol. The normalized spacial score (nSPS) is 11.1. The van der Waals surface area contributed by atoms with Crippen LogP contribution in [0.3, 0.4) is 0 Å². The maximum absolute atomic E-state index is 12.2. The van der Waals surface area contributed by atoms with Gasteiger partial charge in [0, 0.05) is 17.8 Å². The zero-order chi connectivity index (χ0) is 13.7. The summed E-state index contributed by atoms with van der Waals surface area (Å²) in [7, 11) is 0. The van der Waals surface area contributed by atoms with E-state index in [1.165, 1.54) is 11.3 Å². The Labute approximate surface area is 116 Å². The number of carbonyl (C=O) groups is 1. The van der Waals surface area contributed by atoms with E-state index in [1.807, 2.05) is 43.6 Å². The second-order valence-electron chi connectivity index (χ2n) is 4.33. The van der Waals surface area contributed by atoms with Crippen molar-refractivity contribution in [3.05, 3.63) is 41.4 Å². The van der Waals surface area contributed by atoms with Gasteiger partial charge in [-0.3, -0.25) is 15.1 Å². The fourth-order valence-corrected chi connectivity index (χ4v) is 1.98. The van der Waals surface area contributed by atoms with Gasteiger partial charge in [0.25, 0.3) is 5.91 Å². The summed E-state index contributed by atoms with van der Waals surface area (Å²) in [5.74, 6) is 0.154. The maximum Gasteiger partial charge on any atom is 0.259 e. The van der Waals surface area contributed by atoms with Gasteiger partial charge in [-0.1, -0.05) is 26.0 Å². The van der Waals surface area contributed by atoms with Crippen LogP contribution in [-0.2, 0) is 0 Å². The Morgan fingerprint density at radius 3 is 2.89 bits per heavy atom. The zero-order valence-electron chi connectivity index (χ0n) is 10.8. The Morgan fingerprint density at radius 2 is 2.21 bits per heavy atom. The van der Waals surface area contributed by atoms with Crippen LogP contribution < -0.4 is 5.32 Å². The smallest absolute Gasteiger partial charge is 0.259 e. The van der Waals surface area contributed by atoms with Gasteiger partial charge in [-0.05, 0) is 18.1 Å². The van der Waals surface area contributed by atoms with Crippen LogP contribution in [0.2, 0.25) is 0 Å². The molecule has 5 heteroatoms. The lowest BCUT2D eigenvalue weighted by Crippen LogP contribution is -2.11. The van der Waals surface area contributed by atoms with Crippen molar-refractivity contribution in [2.45, 2.75) is 13.8 Å². The second-order valence-corrected chi connectivity index (χ2v) is 5.23. The molecule has 1 heterocycles. The molecule has 98 valence electrons. The Kier molecular flexibility index (Phi) is 4.41. The fraction of sp³-hybridized carbons (Fsp3) is 0.214. The minimum Gasteiger partial charge on any atom is -0.298 e. The van der Waals surface area contributed by atoms with E-state index >= 15 is 0 Å². The summed E-state index contributed by atoms with van der Waals surface area (Å²) in [4.78, 5) is 20.5. The number of nitrogens with zero attached hydrogens (tertiary/aromatic N) is 2. The highest BCUT2D eigenvalue weighted by Crippen LogP contribution is 2.21. The van der Waals surface area contributed by atoms with E-state index < -0.39 is 0 Å². The van der Waals surface area contributed by atoms with E-state index in [0.717, 1.165) is 0 Å². The van der Waals surface area contributed by atoms with E-state index in [1.54, 1.807) is 12.3 Å². The minimum absolute atomic E-state index is 0.188. The number of aliphatic imine (C=N–C) groups is 1. The molecule has 0 radical (unpaired) electrons. The number of hydrogen-bond donors (Lipinski definition) is 1. The Morgan fingerprint density at radius 1 is 1.42 bits per heavy atom. The quantitative estimate of drug-likeness (QED) is 0.862. The number of benzene rings is 1. The highest BCUT2D eigenvalue weighted by atomic mass is 32.1. The molecule has 0 fully saturated rings. The highest BCUT2D eigenvalue weighted by Gasteiger charge is 2.11. The van der Waals surface area contributed by atoms with Crippen LogP contribution in [0.25, 0.3) is 0 Å². The Hall–Kier alpha value is -2.01. The Bertz CT molecular complexity index is 576. The van der Waals surface area contributed by atoms with Crippen LogP contribution in [0.1, 0.15) is 24.2 Å². The zero-order valence-corrected chi connectivity index (χ0v) is 11.6. The maximum atomic E-state index is 12.2. The summed E-state index contributed by atoms with van der Waals surface area (Å²) in [6.07, 6.45) is 3.48. The number of anilines is 1. The van der Waals surface area contributed by atoms with Crippen LogP contribution in [0.5, 0.6) is 0 Å². The average Bonchev–Trinajstić information content (AvgIpc) is 2.89. The van der Waals surface area contributed by atoms with Gasteiger partial charge in [0.15, 0.2) is 5.13 Å². The molecule has 1 aromatic carbocycles. The number of rotatable bonds is 4. The molecule has 0 unspecified atom stereocenters. The molecule has 0 aliphatic heterocycles. The van der Waals surface area contributed by atoms with Gasteiger partial charge in [-0.25, -0.2) is 4.98 Å². The van der Waals surface area contributed by atoms with Crippen LogP contribution in [0, 0.1) is 5.92 Å². The van der Waals surface area contributed by atoms with Crippen molar-refractivity contribution in [2.24, 2.45) is 10.9 Å². The molecule has 0 spiro atoms. The minimum atomic E-state index is -0.188. The first-order chi connectivity index (χ1) is 9.16. The molecular formula is C14H15N3OS. The molecule has 4 nitrogen and oxygen atoms in total. The molecule has 0 saturated heterocycles. The molecule has 0 saturated carbocycles. The monoisotopic (exact) mass is 273 g/mol.